The third kappa shape index (κ3) is 6.28. The van der Waals surface area contributed by atoms with E-state index in [1.807, 2.05) is 25.3 Å². The normalized spacial score (nSPS) is 16.8. The van der Waals surface area contributed by atoms with E-state index in [2.05, 4.69) is 65.0 Å². The number of hydrogen-bond donors (Lipinski definition) is 1. The standard InChI is InChI=1S/C29H33N3O/c1-21-7-5-8-25(17-21)27-18-30-22(2)31-28(27)26-9-6-16-32(20-26)19-24-12-10-23(11-13-24)14-15-29(3,4)33/h5,7-8,10-13,17-18,26,33H,6,9,16,19-20H2,1-4H3. The summed E-state index contributed by atoms with van der Waals surface area (Å²) in [5.74, 6) is 7.15. The molecule has 1 N–H and O–H groups in total. The maximum Gasteiger partial charge on any atom is 0.125 e. The van der Waals surface area contributed by atoms with Crippen LogP contribution in [-0.4, -0.2) is 38.7 Å². The van der Waals surface area contributed by atoms with Gasteiger partial charge in [0.15, 0.2) is 0 Å². The second-order valence-corrected chi connectivity index (χ2v) is 9.67. The van der Waals surface area contributed by atoms with Crippen LogP contribution in [0.25, 0.3) is 11.1 Å². The van der Waals surface area contributed by atoms with E-state index >= 15 is 0 Å². The van der Waals surface area contributed by atoms with Crippen molar-refractivity contribution in [2.24, 2.45) is 0 Å². The van der Waals surface area contributed by atoms with Crippen molar-refractivity contribution in [1.82, 2.24) is 14.9 Å². The molecule has 170 valence electrons. The molecule has 0 spiro atoms. The lowest BCUT2D eigenvalue weighted by Gasteiger charge is -2.33. The summed E-state index contributed by atoms with van der Waals surface area (Å²) < 4.78 is 0. The van der Waals surface area contributed by atoms with Gasteiger partial charge in [-0.25, -0.2) is 9.97 Å². The molecule has 1 aliphatic rings. The first-order valence-electron chi connectivity index (χ1n) is 11.7. The van der Waals surface area contributed by atoms with E-state index in [0.29, 0.717) is 5.92 Å². The van der Waals surface area contributed by atoms with E-state index in [1.54, 1.807) is 13.8 Å². The highest BCUT2D eigenvalue weighted by atomic mass is 16.3. The summed E-state index contributed by atoms with van der Waals surface area (Å²) in [6.45, 7) is 10.5. The van der Waals surface area contributed by atoms with Crippen LogP contribution in [0.5, 0.6) is 0 Å². The fraction of sp³-hybridized carbons (Fsp3) is 0.379. The third-order valence-corrected chi connectivity index (χ3v) is 6.03. The molecule has 0 amide bonds. The van der Waals surface area contributed by atoms with Gasteiger partial charge < -0.3 is 5.11 Å². The van der Waals surface area contributed by atoms with Crippen molar-refractivity contribution < 1.29 is 5.11 Å². The van der Waals surface area contributed by atoms with Gasteiger partial charge in [0, 0.05) is 36.3 Å². The Labute approximate surface area is 197 Å². The lowest BCUT2D eigenvalue weighted by atomic mass is 9.89. The lowest BCUT2D eigenvalue weighted by molar-refractivity contribution is 0.143. The quantitative estimate of drug-likeness (QED) is 0.563. The van der Waals surface area contributed by atoms with Gasteiger partial charge in [-0.1, -0.05) is 53.8 Å². The van der Waals surface area contributed by atoms with Crippen LogP contribution < -0.4 is 0 Å². The Hall–Kier alpha value is -3.00. The van der Waals surface area contributed by atoms with Crippen molar-refractivity contribution in [1.29, 1.82) is 0 Å². The van der Waals surface area contributed by atoms with Gasteiger partial charge in [-0.05, 0) is 70.3 Å². The molecular formula is C29H33N3O. The van der Waals surface area contributed by atoms with Crippen LogP contribution in [0, 0.1) is 25.7 Å². The van der Waals surface area contributed by atoms with Crippen molar-refractivity contribution >= 4 is 0 Å². The molecule has 0 aliphatic carbocycles. The number of aromatic nitrogens is 2. The Bertz CT molecular complexity index is 1170. The van der Waals surface area contributed by atoms with Gasteiger partial charge in [0.2, 0.25) is 0 Å². The Morgan fingerprint density at radius 3 is 2.64 bits per heavy atom. The van der Waals surface area contributed by atoms with Gasteiger partial charge in [0.25, 0.3) is 0 Å². The molecule has 0 saturated carbocycles. The molecule has 3 aromatic rings. The van der Waals surface area contributed by atoms with Gasteiger partial charge in [0.1, 0.15) is 11.4 Å². The van der Waals surface area contributed by atoms with Crippen LogP contribution in [0.4, 0.5) is 0 Å². The molecule has 4 rings (SSSR count). The Morgan fingerprint density at radius 1 is 1.12 bits per heavy atom. The molecule has 1 aliphatic heterocycles. The van der Waals surface area contributed by atoms with Gasteiger partial charge in [0.05, 0.1) is 5.69 Å². The molecule has 0 radical (unpaired) electrons. The van der Waals surface area contributed by atoms with E-state index < -0.39 is 5.60 Å². The van der Waals surface area contributed by atoms with Gasteiger partial charge >= 0.3 is 0 Å². The number of nitrogens with zero attached hydrogens (tertiary/aromatic N) is 3. The number of aryl methyl sites for hydroxylation is 2. The van der Waals surface area contributed by atoms with E-state index in [-0.39, 0.29) is 0 Å². The third-order valence-electron chi connectivity index (χ3n) is 6.03. The molecule has 4 nitrogen and oxygen atoms in total. The second-order valence-electron chi connectivity index (χ2n) is 9.67. The zero-order valence-corrected chi connectivity index (χ0v) is 20.1. The number of piperidine rings is 1. The van der Waals surface area contributed by atoms with E-state index in [0.717, 1.165) is 49.4 Å². The molecule has 1 atom stereocenters. The summed E-state index contributed by atoms with van der Waals surface area (Å²) >= 11 is 0. The smallest absolute Gasteiger partial charge is 0.125 e. The topological polar surface area (TPSA) is 49.2 Å². The number of hydrogen-bond acceptors (Lipinski definition) is 4. The molecular weight excluding hydrogens is 406 g/mol. The largest absolute Gasteiger partial charge is 0.378 e. The van der Waals surface area contributed by atoms with Crippen LogP contribution in [-0.2, 0) is 6.54 Å². The van der Waals surface area contributed by atoms with Crippen LogP contribution in [0.3, 0.4) is 0 Å². The second kappa shape index (κ2) is 9.87. The van der Waals surface area contributed by atoms with Crippen molar-refractivity contribution in [3.05, 3.63) is 82.9 Å². The lowest BCUT2D eigenvalue weighted by Crippen LogP contribution is -2.34. The van der Waals surface area contributed by atoms with Crippen molar-refractivity contribution in [3.8, 4) is 23.0 Å². The Morgan fingerprint density at radius 2 is 1.91 bits per heavy atom. The molecule has 1 unspecified atom stereocenters. The minimum Gasteiger partial charge on any atom is -0.378 e. The minimum atomic E-state index is -0.974. The van der Waals surface area contributed by atoms with Gasteiger partial charge in [-0.3, -0.25) is 4.90 Å². The van der Waals surface area contributed by atoms with Crippen molar-refractivity contribution in [2.45, 2.75) is 58.6 Å². The number of benzene rings is 2. The Balaban J connectivity index is 1.50. The number of rotatable bonds is 4. The summed E-state index contributed by atoms with van der Waals surface area (Å²) in [6, 6.07) is 17.0. The zero-order chi connectivity index (χ0) is 23.4. The highest BCUT2D eigenvalue weighted by Crippen LogP contribution is 2.33. The zero-order valence-electron chi connectivity index (χ0n) is 20.1. The van der Waals surface area contributed by atoms with E-state index in [9.17, 15) is 5.11 Å². The predicted octanol–water partition coefficient (Wildman–Crippen LogP) is 5.26. The fourth-order valence-electron chi connectivity index (χ4n) is 4.43. The number of aliphatic hydroxyl groups is 1. The molecule has 33 heavy (non-hydrogen) atoms. The fourth-order valence-corrected chi connectivity index (χ4v) is 4.43. The van der Waals surface area contributed by atoms with E-state index in [4.69, 9.17) is 4.98 Å². The Kier molecular flexibility index (Phi) is 6.93. The molecule has 0 bridgehead atoms. The highest BCUT2D eigenvalue weighted by molar-refractivity contribution is 5.66. The SMILES string of the molecule is Cc1cccc(-c2cnc(C)nc2C2CCCN(Cc3ccc(C#CC(C)(C)O)cc3)C2)c1. The van der Waals surface area contributed by atoms with Gasteiger partial charge in [-0.2, -0.15) is 0 Å². The molecule has 2 heterocycles. The van der Waals surface area contributed by atoms with Crippen LogP contribution in [0.15, 0.2) is 54.7 Å². The summed E-state index contributed by atoms with van der Waals surface area (Å²) in [7, 11) is 0. The molecule has 1 fully saturated rings. The first kappa shape index (κ1) is 23.2. The molecule has 1 aromatic heterocycles. The maximum atomic E-state index is 9.80. The summed E-state index contributed by atoms with van der Waals surface area (Å²) in [6.07, 6.45) is 4.31. The maximum absolute atomic E-state index is 9.80. The molecule has 4 heteroatoms. The van der Waals surface area contributed by atoms with Crippen molar-refractivity contribution in [3.63, 3.8) is 0 Å². The predicted molar refractivity (Wildman–Crippen MR) is 134 cm³/mol. The van der Waals surface area contributed by atoms with Crippen LogP contribution in [0.2, 0.25) is 0 Å². The summed E-state index contributed by atoms with van der Waals surface area (Å²) in [4.78, 5) is 12.0. The molecule has 2 aromatic carbocycles. The van der Waals surface area contributed by atoms with Crippen molar-refractivity contribution in [2.75, 3.05) is 13.1 Å². The summed E-state index contributed by atoms with van der Waals surface area (Å²) in [5.41, 5.74) is 6.02. The first-order valence-corrected chi connectivity index (χ1v) is 11.7. The first-order chi connectivity index (χ1) is 15.8. The van der Waals surface area contributed by atoms with Gasteiger partial charge in [-0.15, -0.1) is 0 Å². The monoisotopic (exact) mass is 439 g/mol. The van der Waals surface area contributed by atoms with E-state index in [1.165, 1.54) is 22.4 Å². The average Bonchev–Trinajstić information content (AvgIpc) is 2.78. The highest BCUT2D eigenvalue weighted by Gasteiger charge is 2.25. The average molecular weight is 440 g/mol. The molecule has 1 saturated heterocycles. The minimum absolute atomic E-state index is 0.396. The van der Waals surface area contributed by atoms with Crippen LogP contribution >= 0.6 is 0 Å². The number of likely N-dealkylation sites (tertiary alicyclic amines) is 1. The van der Waals surface area contributed by atoms with Crippen LogP contribution in [0.1, 0.15) is 60.8 Å². The summed E-state index contributed by atoms with van der Waals surface area (Å²) in [5, 5.41) is 9.80.